The zero-order valence-electron chi connectivity index (χ0n) is 30.5. The Morgan fingerprint density at radius 3 is 1.30 bits per heavy atom. The van der Waals surface area contributed by atoms with Crippen LogP contribution in [0.3, 0.4) is 0 Å². The van der Waals surface area contributed by atoms with Crippen molar-refractivity contribution in [3.05, 3.63) is 72.6 Å². The minimum atomic E-state index is -1.09. The van der Waals surface area contributed by atoms with Crippen LogP contribution in [0.2, 0.25) is 0 Å². The van der Waals surface area contributed by atoms with Gasteiger partial charge in [0.1, 0.15) is 23.7 Å². The summed E-state index contributed by atoms with van der Waals surface area (Å²) in [5, 5.41) is 19.2. The number of aromatic amines is 2. The summed E-state index contributed by atoms with van der Waals surface area (Å²) in [7, 11) is 2.97. The summed E-state index contributed by atoms with van der Waals surface area (Å²) < 4.78 is 0. The molecule has 2 aliphatic heterocycles. The molecule has 14 heteroatoms. The van der Waals surface area contributed by atoms with E-state index in [2.05, 4.69) is 44.2 Å². The SMILES string of the molecule is CN(C(=O)O)[C@@H](C(=O)N1CCC[C@H]1c1ncc(-c2ccc(-c3ccc(-c4cnc([C@@H]5CCCN5C(=O)[C@@H](C5CC5)N(C)C(=O)O)[nH]4)cc3)cc2)[nH]1)C1CC1. The molecule has 2 aromatic carbocycles. The molecule has 14 nitrogen and oxygen atoms in total. The van der Waals surface area contributed by atoms with Crippen molar-refractivity contribution in [1.29, 1.82) is 0 Å². The number of nitrogens with one attached hydrogen (secondary N) is 2. The minimum absolute atomic E-state index is 0.0769. The molecule has 0 spiro atoms. The highest BCUT2D eigenvalue weighted by Gasteiger charge is 2.47. The van der Waals surface area contributed by atoms with Gasteiger partial charge in [0, 0.05) is 27.2 Å². The molecule has 0 bridgehead atoms. The third-order valence-corrected chi connectivity index (χ3v) is 11.7. The molecule has 4 aromatic rings. The lowest BCUT2D eigenvalue weighted by Crippen LogP contribution is -2.50. The fourth-order valence-corrected chi connectivity index (χ4v) is 8.39. The largest absolute Gasteiger partial charge is 0.465 e. The molecule has 8 rings (SSSR count). The summed E-state index contributed by atoms with van der Waals surface area (Å²) in [6.45, 7) is 1.17. The number of aromatic nitrogens is 4. The molecule has 0 unspecified atom stereocenters. The molecule has 0 radical (unpaired) electrons. The number of nitrogens with zero attached hydrogens (tertiary/aromatic N) is 6. The van der Waals surface area contributed by atoms with E-state index in [1.54, 1.807) is 22.2 Å². The van der Waals surface area contributed by atoms with Crippen LogP contribution in [-0.4, -0.2) is 113 Å². The summed E-state index contributed by atoms with van der Waals surface area (Å²) in [6.07, 6.45) is 8.10. The lowest BCUT2D eigenvalue weighted by molar-refractivity contribution is -0.138. The first-order valence-corrected chi connectivity index (χ1v) is 18.9. The molecule has 4 amide bonds. The normalized spacial score (nSPS) is 20.9. The predicted molar refractivity (Wildman–Crippen MR) is 199 cm³/mol. The molecule has 4 aliphatic rings. The molecule has 282 valence electrons. The van der Waals surface area contributed by atoms with E-state index < -0.39 is 24.3 Å². The van der Waals surface area contributed by atoms with Crippen molar-refractivity contribution in [2.24, 2.45) is 11.8 Å². The molecule has 2 aliphatic carbocycles. The van der Waals surface area contributed by atoms with Gasteiger partial charge in [0.15, 0.2) is 0 Å². The number of H-pyrrole nitrogens is 2. The predicted octanol–water partition coefficient (Wildman–Crippen LogP) is 6.24. The maximum atomic E-state index is 13.6. The van der Waals surface area contributed by atoms with E-state index in [-0.39, 0.29) is 35.7 Å². The molecule has 4 atom stereocenters. The van der Waals surface area contributed by atoms with Crippen LogP contribution >= 0.6 is 0 Å². The molecule has 4 heterocycles. The van der Waals surface area contributed by atoms with Crippen LogP contribution in [-0.2, 0) is 9.59 Å². The van der Waals surface area contributed by atoms with E-state index in [1.807, 2.05) is 24.3 Å². The summed E-state index contributed by atoms with van der Waals surface area (Å²) in [4.78, 5) is 72.8. The van der Waals surface area contributed by atoms with Crippen molar-refractivity contribution >= 4 is 24.0 Å². The number of rotatable bonds is 11. The number of carbonyl (C=O) groups excluding carboxylic acids is 2. The Labute approximate surface area is 313 Å². The fraction of sp³-hybridized carbons (Fsp3) is 0.450. The molecular formula is C40H46N8O6. The first kappa shape index (κ1) is 35.4. The fourth-order valence-electron chi connectivity index (χ4n) is 8.39. The van der Waals surface area contributed by atoms with Gasteiger partial charge in [-0.25, -0.2) is 19.6 Å². The van der Waals surface area contributed by atoms with Gasteiger partial charge in [0.2, 0.25) is 11.8 Å². The van der Waals surface area contributed by atoms with Gasteiger partial charge in [-0.05, 0) is 85.5 Å². The Balaban J connectivity index is 0.922. The van der Waals surface area contributed by atoms with E-state index in [9.17, 15) is 29.4 Å². The first-order chi connectivity index (χ1) is 26.1. The van der Waals surface area contributed by atoms with Crippen LogP contribution in [0.4, 0.5) is 9.59 Å². The van der Waals surface area contributed by atoms with Gasteiger partial charge in [0.25, 0.3) is 0 Å². The van der Waals surface area contributed by atoms with E-state index in [1.165, 1.54) is 14.1 Å². The van der Waals surface area contributed by atoms with Crippen LogP contribution < -0.4 is 0 Å². The molecule has 2 saturated heterocycles. The van der Waals surface area contributed by atoms with E-state index in [0.717, 1.165) is 94.8 Å². The number of carbonyl (C=O) groups is 4. The second-order valence-electron chi connectivity index (χ2n) is 15.2. The molecule has 54 heavy (non-hydrogen) atoms. The van der Waals surface area contributed by atoms with Crippen molar-refractivity contribution in [3.8, 4) is 33.6 Å². The van der Waals surface area contributed by atoms with Gasteiger partial charge in [-0.3, -0.25) is 19.4 Å². The molecule has 2 aromatic heterocycles. The average molecular weight is 735 g/mol. The summed E-state index contributed by atoms with van der Waals surface area (Å²) >= 11 is 0. The van der Waals surface area contributed by atoms with Crippen LogP contribution in [0.5, 0.6) is 0 Å². The van der Waals surface area contributed by atoms with Gasteiger partial charge in [-0.2, -0.15) is 0 Å². The quantitative estimate of drug-likeness (QED) is 0.140. The Kier molecular flexibility index (Phi) is 9.36. The number of carboxylic acid groups (broad SMARTS) is 2. The van der Waals surface area contributed by atoms with Crippen molar-refractivity contribution in [3.63, 3.8) is 0 Å². The number of imidazole rings is 2. The maximum absolute atomic E-state index is 13.6. The third kappa shape index (κ3) is 6.80. The van der Waals surface area contributed by atoms with Crippen molar-refractivity contribution in [2.75, 3.05) is 27.2 Å². The van der Waals surface area contributed by atoms with Crippen LogP contribution in [0.25, 0.3) is 33.6 Å². The third-order valence-electron chi connectivity index (χ3n) is 11.7. The second-order valence-corrected chi connectivity index (χ2v) is 15.2. The number of likely N-dealkylation sites (N-methyl/N-ethyl adjacent to an activating group) is 2. The standard InChI is InChI=1S/C40H46N8O6/c1-45(39(51)52)33(27-15-16-27)37(49)47-19-3-5-31(47)35-41-21-29(43-35)25-11-7-23(8-12-25)24-9-13-26(14-10-24)30-22-42-36(44-30)32-6-4-20-48(32)38(50)34(28-17-18-28)46(2)40(53)54/h7-14,21-22,27-28,31-34H,3-6,15-20H2,1-2H3,(H,41,43)(H,42,44)(H,51,52)(H,53,54)/t31-,32-,33+,34+/m0/s1. The van der Waals surface area contributed by atoms with E-state index in [0.29, 0.717) is 24.7 Å². The molecule has 4 N–H and O–H groups in total. The summed E-state index contributed by atoms with van der Waals surface area (Å²) in [6, 6.07) is 14.7. The monoisotopic (exact) mass is 734 g/mol. The van der Waals surface area contributed by atoms with Gasteiger partial charge < -0.3 is 30.0 Å². The zero-order valence-corrected chi connectivity index (χ0v) is 30.5. The lowest BCUT2D eigenvalue weighted by atomic mass is 10.0. The Morgan fingerprint density at radius 1 is 0.611 bits per heavy atom. The highest BCUT2D eigenvalue weighted by Crippen LogP contribution is 2.41. The van der Waals surface area contributed by atoms with Crippen LogP contribution in [0, 0.1) is 11.8 Å². The van der Waals surface area contributed by atoms with Gasteiger partial charge >= 0.3 is 12.2 Å². The number of amides is 4. The molecule has 4 fully saturated rings. The van der Waals surface area contributed by atoms with Gasteiger partial charge in [-0.15, -0.1) is 0 Å². The number of hydrogen-bond donors (Lipinski definition) is 4. The van der Waals surface area contributed by atoms with Crippen molar-refractivity contribution in [2.45, 2.75) is 75.5 Å². The lowest BCUT2D eigenvalue weighted by Gasteiger charge is -2.31. The number of likely N-dealkylation sites (tertiary alicyclic amines) is 2. The topological polar surface area (TPSA) is 179 Å². The van der Waals surface area contributed by atoms with E-state index in [4.69, 9.17) is 0 Å². The first-order valence-electron chi connectivity index (χ1n) is 18.9. The number of hydrogen-bond acceptors (Lipinski definition) is 6. The van der Waals surface area contributed by atoms with Crippen LogP contribution in [0.1, 0.15) is 75.1 Å². The van der Waals surface area contributed by atoms with E-state index >= 15 is 0 Å². The van der Waals surface area contributed by atoms with Crippen molar-refractivity contribution in [1.82, 2.24) is 39.5 Å². The smallest absolute Gasteiger partial charge is 0.407 e. The van der Waals surface area contributed by atoms with Crippen LogP contribution in [0.15, 0.2) is 60.9 Å². The minimum Gasteiger partial charge on any atom is -0.465 e. The Hall–Kier alpha value is -5.66. The molecule has 2 saturated carbocycles. The zero-order chi connectivity index (χ0) is 37.7. The number of benzene rings is 2. The summed E-state index contributed by atoms with van der Waals surface area (Å²) in [5.41, 5.74) is 5.73. The Morgan fingerprint density at radius 2 is 0.963 bits per heavy atom. The highest BCUT2D eigenvalue weighted by atomic mass is 16.4. The second kappa shape index (κ2) is 14.3. The van der Waals surface area contributed by atoms with Crippen molar-refractivity contribution < 1.29 is 29.4 Å². The van der Waals surface area contributed by atoms with Gasteiger partial charge in [0.05, 0.1) is 35.9 Å². The highest BCUT2D eigenvalue weighted by molar-refractivity contribution is 5.87. The summed E-state index contributed by atoms with van der Waals surface area (Å²) in [5.74, 6) is 1.31. The maximum Gasteiger partial charge on any atom is 0.407 e. The van der Waals surface area contributed by atoms with Gasteiger partial charge in [-0.1, -0.05) is 48.5 Å². The average Bonchev–Trinajstić information content (AvgIpc) is 3.87. The molecular weight excluding hydrogens is 688 g/mol. The Bertz CT molecular complexity index is 1890.